The summed E-state index contributed by atoms with van der Waals surface area (Å²) >= 11 is 0. The van der Waals surface area contributed by atoms with Gasteiger partial charge in [-0.05, 0) is 45.0 Å². The number of fused-ring (bicyclic) bond motifs is 1. The van der Waals surface area contributed by atoms with E-state index in [1.165, 1.54) is 25.3 Å². The molecule has 0 fully saturated rings. The smallest absolute Gasteiger partial charge is 0.279 e. The minimum atomic E-state index is -1.82. The zero-order valence-electron chi connectivity index (χ0n) is 18.3. The SMILES string of the molecule is CC(=O)C([18F])C[C@H](NC(=O)c1ccc(NCc2cnc3nc(C)[nH]c(=O)c3n2)cc1)C(C)=O. The third-order valence-electron chi connectivity index (χ3n) is 4.89. The molecule has 172 valence electrons. The fourth-order valence-corrected chi connectivity index (χ4v) is 3.02. The molecule has 2 aromatic heterocycles. The second kappa shape index (κ2) is 10.1. The second-order valence-electron chi connectivity index (χ2n) is 7.57. The maximum atomic E-state index is 13.7. The number of nitrogens with one attached hydrogen (secondary N) is 3. The van der Waals surface area contributed by atoms with E-state index < -0.39 is 36.1 Å². The maximum absolute atomic E-state index is 13.7. The highest BCUT2D eigenvalue weighted by Gasteiger charge is 2.24. The average Bonchev–Trinajstić information content (AvgIpc) is 2.77. The Morgan fingerprint density at radius 3 is 2.42 bits per heavy atom. The molecular weight excluding hydrogens is 430 g/mol. The fraction of sp³-hybridized carbons (Fsp3) is 0.318. The van der Waals surface area contributed by atoms with Crippen molar-refractivity contribution in [3.05, 3.63) is 57.9 Å². The molecule has 1 amide bonds. The molecule has 0 aliphatic carbocycles. The molecular formula is C22H23FN6O4. The molecule has 0 radical (unpaired) electrons. The average molecular weight is 453 g/mol. The first kappa shape index (κ1) is 23.6. The lowest BCUT2D eigenvalue weighted by molar-refractivity contribution is -0.123. The van der Waals surface area contributed by atoms with Gasteiger partial charge in [0.1, 0.15) is 5.82 Å². The summed E-state index contributed by atoms with van der Waals surface area (Å²) in [5.41, 5.74) is 1.51. The molecule has 3 rings (SSSR count). The standard InChI is InChI=1S/C22H23FN6O4/c1-11(30)17(23)8-18(12(2)31)29-21(32)14-4-6-15(7-5-14)24-9-16-10-25-20-19(28-16)22(33)27-13(3)26-20/h4-7,10,17-18,24H,8-9H2,1-3H3,(H,29,32)(H,25,26,27,33)/t17?,18-/m0/s1/i23-1. The number of benzene rings is 1. The number of alkyl halides is 1. The van der Waals surface area contributed by atoms with Crippen LogP contribution in [0.15, 0.2) is 35.3 Å². The number of H-pyrrole nitrogens is 1. The summed E-state index contributed by atoms with van der Waals surface area (Å²) in [5.74, 6) is -1.24. The molecule has 3 aromatic rings. The Kier molecular flexibility index (Phi) is 7.21. The number of aromatic nitrogens is 4. The topological polar surface area (TPSA) is 147 Å². The van der Waals surface area contributed by atoms with Crippen LogP contribution in [0, 0.1) is 6.92 Å². The summed E-state index contributed by atoms with van der Waals surface area (Å²) in [6, 6.07) is 5.28. The predicted molar refractivity (Wildman–Crippen MR) is 119 cm³/mol. The Bertz CT molecular complexity index is 1260. The van der Waals surface area contributed by atoms with Crippen LogP contribution in [0.3, 0.4) is 0 Å². The lowest BCUT2D eigenvalue weighted by Gasteiger charge is -2.17. The Morgan fingerprint density at radius 2 is 1.79 bits per heavy atom. The van der Waals surface area contributed by atoms with Crippen LogP contribution in [0.4, 0.5) is 10.1 Å². The third kappa shape index (κ3) is 6.03. The van der Waals surface area contributed by atoms with Crippen LogP contribution >= 0.6 is 0 Å². The number of hydrogen-bond acceptors (Lipinski definition) is 8. The first-order valence-electron chi connectivity index (χ1n) is 10.2. The number of Topliss-reactive ketones (excluding diaryl/α,β-unsaturated/α-hetero) is 2. The van der Waals surface area contributed by atoms with E-state index in [-0.39, 0.29) is 28.8 Å². The van der Waals surface area contributed by atoms with Crippen LogP contribution < -0.4 is 16.2 Å². The molecule has 2 heterocycles. The van der Waals surface area contributed by atoms with Crippen molar-refractivity contribution in [2.75, 3.05) is 5.32 Å². The zero-order chi connectivity index (χ0) is 24.1. The Morgan fingerprint density at radius 1 is 1.09 bits per heavy atom. The number of nitrogens with zero attached hydrogens (tertiary/aromatic N) is 3. The fourth-order valence-electron chi connectivity index (χ4n) is 3.02. The van der Waals surface area contributed by atoms with Gasteiger partial charge in [0.05, 0.1) is 24.5 Å². The lowest BCUT2D eigenvalue weighted by atomic mass is 10.0. The number of anilines is 1. The zero-order valence-corrected chi connectivity index (χ0v) is 18.3. The number of carbonyl (C=O) groups is 3. The molecule has 33 heavy (non-hydrogen) atoms. The van der Waals surface area contributed by atoms with E-state index in [9.17, 15) is 23.6 Å². The van der Waals surface area contributed by atoms with Crippen LogP contribution in [0.25, 0.3) is 11.2 Å². The van der Waals surface area contributed by atoms with Crippen molar-refractivity contribution in [2.45, 2.75) is 46.0 Å². The predicted octanol–water partition coefficient (Wildman–Crippen LogP) is 1.64. The third-order valence-corrected chi connectivity index (χ3v) is 4.89. The van der Waals surface area contributed by atoms with Crippen LogP contribution in [-0.4, -0.2) is 49.6 Å². The first-order valence-corrected chi connectivity index (χ1v) is 10.2. The summed E-state index contributed by atoms with van der Waals surface area (Å²) in [5, 5.41) is 5.58. The van der Waals surface area contributed by atoms with Gasteiger partial charge in [0.15, 0.2) is 28.9 Å². The van der Waals surface area contributed by atoms with Crippen molar-refractivity contribution in [3.63, 3.8) is 0 Å². The van der Waals surface area contributed by atoms with Crippen molar-refractivity contribution in [3.8, 4) is 0 Å². The maximum Gasteiger partial charge on any atom is 0.279 e. The number of amides is 1. The number of aromatic amines is 1. The van der Waals surface area contributed by atoms with E-state index >= 15 is 0 Å². The van der Waals surface area contributed by atoms with Crippen LogP contribution in [0.5, 0.6) is 0 Å². The van der Waals surface area contributed by atoms with Crippen molar-refractivity contribution in [2.24, 2.45) is 0 Å². The number of halogens is 1. The van der Waals surface area contributed by atoms with Gasteiger partial charge in [0, 0.05) is 17.7 Å². The highest BCUT2D eigenvalue weighted by molar-refractivity contribution is 5.98. The second-order valence-corrected chi connectivity index (χ2v) is 7.57. The van der Waals surface area contributed by atoms with Gasteiger partial charge in [-0.15, -0.1) is 0 Å². The summed E-state index contributed by atoms with van der Waals surface area (Å²) in [6.45, 7) is 4.25. The molecule has 2 atom stereocenters. The van der Waals surface area contributed by atoms with Gasteiger partial charge in [-0.2, -0.15) is 0 Å². The molecule has 0 spiro atoms. The minimum Gasteiger partial charge on any atom is -0.379 e. The Balaban J connectivity index is 1.63. The van der Waals surface area contributed by atoms with Crippen molar-refractivity contribution in [1.29, 1.82) is 0 Å². The molecule has 0 saturated carbocycles. The van der Waals surface area contributed by atoms with E-state index in [0.717, 1.165) is 6.92 Å². The highest BCUT2D eigenvalue weighted by atomic mass is 18.2. The highest BCUT2D eigenvalue weighted by Crippen LogP contribution is 2.13. The largest absolute Gasteiger partial charge is 0.379 e. The molecule has 0 aliphatic heterocycles. The molecule has 0 aliphatic rings. The number of aryl methyl sites for hydroxylation is 1. The molecule has 0 bridgehead atoms. The van der Waals surface area contributed by atoms with E-state index in [1.54, 1.807) is 19.1 Å². The van der Waals surface area contributed by atoms with E-state index in [2.05, 4.69) is 30.6 Å². The molecule has 0 saturated heterocycles. The molecule has 10 nitrogen and oxygen atoms in total. The summed E-state index contributed by atoms with van der Waals surface area (Å²) in [6.07, 6.45) is -0.704. The summed E-state index contributed by atoms with van der Waals surface area (Å²) < 4.78 is 13.7. The van der Waals surface area contributed by atoms with Crippen LogP contribution in [0.1, 0.15) is 42.1 Å². The van der Waals surface area contributed by atoms with E-state index in [1.807, 2.05) is 0 Å². The van der Waals surface area contributed by atoms with Gasteiger partial charge in [0.2, 0.25) is 0 Å². The van der Waals surface area contributed by atoms with Gasteiger partial charge >= 0.3 is 0 Å². The molecule has 11 heteroatoms. The van der Waals surface area contributed by atoms with Crippen molar-refractivity contribution >= 4 is 34.3 Å². The molecule has 3 N–H and O–H groups in total. The first-order chi connectivity index (χ1) is 15.6. The normalized spacial score (nSPS) is 12.7. The van der Waals surface area contributed by atoms with Crippen molar-refractivity contribution < 1.29 is 18.8 Å². The number of carbonyl (C=O) groups excluding carboxylic acids is 3. The number of ketones is 2. The Labute approximate surface area is 188 Å². The van der Waals surface area contributed by atoms with Gasteiger partial charge in [-0.1, -0.05) is 0 Å². The molecule has 1 unspecified atom stereocenters. The number of rotatable bonds is 9. The van der Waals surface area contributed by atoms with Crippen LogP contribution in [-0.2, 0) is 16.1 Å². The van der Waals surface area contributed by atoms with Crippen molar-refractivity contribution in [1.82, 2.24) is 25.3 Å². The van der Waals surface area contributed by atoms with Gasteiger partial charge in [0.25, 0.3) is 11.5 Å². The monoisotopic (exact) mass is 453 g/mol. The van der Waals surface area contributed by atoms with Crippen LogP contribution in [0.2, 0.25) is 0 Å². The van der Waals surface area contributed by atoms with E-state index in [4.69, 9.17) is 0 Å². The Hall–Kier alpha value is -4.02. The van der Waals surface area contributed by atoms with Gasteiger partial charge in [-0.3, -0.25) is 19.2 Å². The minimum absolute atomic E-state index is 0.146. The quantitative estimate of drug-likeness (QED) is 0.443. The number of hydrogen-bond donors (Lipinski definition) is 3. The summed E-state index contributed by atoms with van der Waals surface area (Å²) in [7, 11) is 0. The lowest BCUT2D eigenvalue weighted by Crippen LogP contribution is -2.42. The molecule has 1 aromatic carbocycles. The van der Waals surface area contributed by atoms with E-state index in [0.29, 0.717) is 17.2 Å². The van der Waals surface area contributed by atoms with Gasteiger partial charge < -0.3 is 15.6 Å². The van der Waals surface area contributed by atoms with Gasteiger partial charge in [-0.25, -0.2) is 19.3 Å². The summed E-state index contributed by atoms with van der Waals surface area (Å²) in [4.78, 5) is 62.5.